The predicted molar refractivity (Wildman–Crippen MR) is 159 cm³/mol. The van der Waals surface area contributed by atoms with Crippen LogP contribution in [0.5, 0.6) is 5.75 Å². The highest BCUT2D eigenvalue weighted by molar-refractivity contribution is 7.93. The van der Waals surface area contributed by atoms with E-state index in [4.69, 9.17) is 9.47 Å². The molecule has 3 aromatic rings. The number of carbonyl (C=O) groups excluding carboxylic acids is 1. The van der Waals surface area contributed by atoms with Crippen LogP contribution < -0.4 is 10.2 Å². The Kier molecular flexibility index (Phi) is 11.5. The van der Waals surface area contributed by atoms with E-state index in [0.717, 1.165) is 12.8 Å². The average Bonchev–Trinajstić information content (AvgIpc) is 2.99. The quantitative estimate of drug-likeness (QED) is 0.177. The summed E-state index contributed by atoms with van der Waals surface area (Å²) in [6.45, 7) is 2.47. The summed E-state index contributed by atoms with van der Waals surface area (Å²) in [5.41, 5.74) is 5.18. The predicted octanol–water partition coefficient (Wildman–Crippen LogP) is 4.79. The topological polar surface area (TPSA) is 105 Å². The maximum Gasteiger partial charge on any atom is 0.265 e. The lowest BCUT2D eigenvalue weighted by molar-refractivity contribution is -0.133. The van der Waals surface area contributed by atoms with Crippen LogP contribution in [-0.4, -0.2) is 69.1 Å². The minimum absolute atomic E-state index is 0. The Morgan fingerprint density at radius 2 is 1.65 bits per heavy atom. The lowest BCUT2D eigenvalue weighted by Gasteiger charge is -2.39. The SMILES string of the molecule is COCCN1CCC(C(=O)NO)(S(=O)(=O)c2ccc(OCCCc3cccc(-c4ccccc4)c3)cc2)CC1.Cl.[HH]. The van der Waals surface area contributed by atoms with Crippen LogP contribution in [-0.2, 0) is 25.8 Å². The number of ether oxygens (including phenoxy) is 2. The Hall–Kier alpha value is -2.95. The third-order valence-corrected chi connectivity index (χ3v) is 9.87. The molecule has 0 aliphatic carbocycles. The normalized spacial score (nSPS) is 15.2. The first kappa shape index (κ1) is 31.6. The van der Waals surface area contributed by atoms with E-state index in [1.54, 1.807) is 24.7 Å². The van der Waals surface area contributed by atoms with Gasteiger partial charge in [0.15, 0.2) is 14.6 Å². The van der Waals surface area contributed by atoms with Crippen LogP contribution in [0.25, 0.3) is 11.1 Å². The highest BCUT2D eigenvalue weighted by atomic mass is 35.5. The fourth-order valence-corrected chi connectivity index (χ4v) is 6.98. The summed E-state index contributed by atoms with van der Waals surface area (Å²) in [5.74, 6) is -0.340. The lowest BCUT2D eigenvalue weighted by Crippen LogP contribution is -2.57. The van der Waals surface area contributed by atoms with Crippen molar-refractivity contribution in [3.8, 4) is 16.9 Å². The molecule has 0 spiro atoms. The number of nitrogens with zero attached hydrogens (tertiary/aromatic N) is 1. The van der Waals surface area contributed by atoms with Crippen molar-refractivity contribution < 1.29 is 29.3 Å². The summed E-state index contributed by atoms with van der Waals surface area (Å²) in [6.07, 6.45) is 1.81. The number of sulfone groups is 1. The third-order valence-electron chi connectivity index (χ3n) is 7.35. The van der Waals surface area contributed by atoms with Crippen molar-refractivity contribution in [1.82, 2.24) is 10.4 Å². The maximum atomic E-state index is 13.6. The van der Waals surface area contributed by atoms with Gasteiger partial charge in [-0.1, -0.05) is 54.6 Å². The highest BCUT2D eigenvalue weighted by Crippen LogP contribution is 2.36. The number of hydrogen-bond donors (Lipinski definition) is 2. The molecule has 0 radical (unpaired) electrons. The van der Waals surface area contributed by atoms with E-state index in [2.05, 4.69) is 41.3 Å². The number of rotatable bonds is 12. The van der Waals surface area contributed by atoms with Crippen molar-refractivity contribution in [2.75, 3.05) is 40.0 Å². The van der Waals surface area contributed by atoms with E-state index < -0.39 is 20.5 Å². The zero-order valence-electron chi connectivity index (χ0n) is 22.6. The largest absolute Gasteiger partial charge is 0.494 e. The molecule has 0 saturated carbocycles. The second kappa shape index (κ2) is 14.6. The second-order valence-electron chi connectivity index (χ2n) is 9.76. The molecule has 10 heteroatoms. The molecular weight excluding hydrogens is 552 g/mol. The van der Waals surface area contributed by atoms with Crippen LogP contribution in [0.4, 0.5) is 0 Å². The Morgan fingerprint density at radius 3 is 2.30 bits per heavy atom. The minimum atomic E-state index is -4.07. The van der Waals surface area contributed by atoms with Crippen molar-refractivity contribution in [2.24, 2.45) is 0 Å². The molecule has 0 bridgehead atoms. The van der Waals surface area contributed by atoms with Gasteiger partial charge < -0.3 is 14.4 Å². The summed E-state index contributed by atoms with van der Waals surface area (Å²) in [5, 5.41) is 9.37. The molecule has 0 atom stereocenters. The van der Waals surface area contributed by atoms with Crippen LogP contribution in [0.1, 0.15) is 26.3 Å². The Balaban J connectivity index is 0.00000294. The van der Waals surface area contributed by atoms with Gasteiger partial charge in [-0.15, -0.1) is 12.4 Å². The molecule has 1 fully saturated rings. The molecule has 4 rings (SSSR count). The van der Waals surface area contributed by atoms with Crippen LogP contribution in [0.15, 0.2) is 83.8 Å². The van der Waals surface area contributed by atoms with Gasteiger partial charge in [0, 0.05) is 28.2 Å². The molecule has 8 nitrogen and oxygen atoms in total. The van der Waals surface area contributed by atoms with Crippen molar-refractivity contribution >= 4 is 28.2 Å². The molecule has 1 saturated heterocycles. The van der Waals surface area contributed by atoms with Gasteiger partial charge in [0.25, 0.3) is 5.91 Å². The fourth-order valence-electron chi connectivity index (χ4n) is 5.02. The summed E-state index contributed by atoms with van der Waals surface area (Å²) in [4.78, 5) is 14.8. The number of hydroxylamine groups is 1. The van der Waals surface area contributed by atoms with Gasteiger partial charge in [-0.25, -0.2) is 13.9 Å². The molecule has 2 N–H and O–H groups in total. The smallest absolute Gasteiger partial charge is 0.265 e. The summed E-state index contributed by atoms with van der Waals surface area (Å²) >= 11 is 0. The van der Waals surface area contributed by atoms with Gasteiger partial charge in [0.2, 0.25) is 0 Å². The molecule has 40 heavy (non-hydrogen) atoms. The van der Waals surface area contributed by atoms with E-state index in [1.807, 2.05) is 18.2 Å². The Labute approximate surface area is 244 Å². The number of halogens is 1. The van der Waals surface area contributed by atoms with E-state index in [0.29, 0.717) is 38.6 Å². The molecule has 1 heterocycles. The number of carbonyl (C=O) groups is 1. The first-order chi connectivity index (χ1) is 18.9. The van der Waals surface area contributed by atoms with Crippen LogP contribution >= 0.6 is 12.4 Å². The average molecular weight is 591 g/mol. The van der Waals surface area contributed by atoms with E-state index >= 15 is 0 Å². The number of nitrogens with one attached hydrogen (secondary N) is 1. The van der Waals surface area contributed by atoms with E-state index in [1.165, 1.54) is 28.8 Å². The summed E-state index contributed by atoms with van der Waals surface area (Å²) < 4.78 is 36.5. The molecule has 218 valence electrons. The first-order valence-corrected chi connectivity index (χ1v) is 14.7. The minimum Gasteiger partial charge on any atom is -0.494 e. The van der Waals surface area contributed by atoms with Crippen molar-refractivity contribution in [2.45, 2.75) is 35.3 Å². The van der Waals surface area contributed by atoms with Crippen molar-refractivity contribution in [3.05, 3.63) is 84.4 Å². The van der Waals surface area contributed by atoms with Gasteiger partial charge in [0.1, 0.15) is 5.75 Å². The van der Waals surface area contributed by atoms with E-state index in [-0.39, 0.29) is 31.6 Å². The number of hydrogen-bond acceptors (Lipinski definition) is 7. The van der Waals surface area contributed by atoms with Crippen molar-refractivity contribution in [3.63, 3.8) is 0 Å². The fraction of sp³-hybridized carbons (Fsp3) is 0.367. The number of benzene rings is 3. The molecule has 1 aliphatic heterocycles. The number of amides is 1. The Bertz CT molecular complexity index is 1330. The molecule has 3 aromatic carbocycles. The lowest BCUT2D eigenvalue weighted by atomic mass is 9.95. The molecule has 1 aliphatic rings. The second-order valence-corrected chi connectivity index (χ2v) is 12.0. The standard InChI is InChI=1S/C30H36N2O6S.ClH.H2/c1-37-22-20-32-18-16-30(17-19-32,29(33)31-34)39(35,36)28-14-12-27(13-15-28)38-21-6-8-24-7-5-11-26(23-24)25-9-3-2-4-10-25;;/h2-5,7,9-15,23,34H,6,8,16-22H2,1H3,(H,31,33);2*1H. The number of methoxy groups -OCH3 is 1. The molecular formula is C30H39ClN2O6S. The zero-order chi connectivity index (χ0) is 27.7. The Morgan fingerprint density at radius 1 is 0.975 bits per heavy atom. The van der Waals surface area contributed by atoms with Crippen LogP contribution in [0.2, 0.25) is 0 Å². The summed E-state index contributed by atoms with van der Waals surface area (Å²) in [6, 6.07) is 24.9. The van der Waals surface area contributed by atoms with E-state index in [9.17, 15) is 18.4 Å². The zero-order valence-corrected chi connectivity index (χ0v) is 24.3. The summed E-state index contributed by atoms with van der Waals surface area (Å²) in [7, 11) is -2.46. The van der Waals surface area contributed by atoms with Gasteiger partial charge in [-0.2, -0.15) is 0 Å². The van der Waals surface area contributed by atoms with Gasteiger partial charge in [-0.3, -0.25) is 10.0 Å². The van der Waals surface area contributed by atoms with Crippen LogP contribution in [0.3, 0.4) is 0 Å². The number of piperidine rings is 1. The number of likely N-dealkylation sites (tertiary alicyclic amines) is 1. The van der Waals surface area contributed by atoms with Gasteiger partial charge >= 0.3 is 0 Å². The molecule has 0 unspecified atom stereocenters. The van der Waals surface area contributed by atoms with Gasteiger partial charge in [-0.05, 0) is 66.6 Å². The molecule has 1 amide bonds. The third kappa shape index (κ3) is 7.21. The van der Waals surface area contributed by atoms with Gasteiger partial charge in [0.05, 0.1) is 18.1 Å². The van der Waals surface area contributed by atoms with Crippen molar-refractivity contribution in [1.29, 1.82) is 0 Å². The van der Waals surface area contributed by atoms with Crippen LogP contribution in [0, 0.1) is 0 Å². The number of aryl methyl sites for hydroxylation is 1. The highest BCUT2D eigenvalue weighted by Gasteiger charge is 2.52. The monoisotopic (exact) mass is 590 g/mol. The maximum absolute atomic E-state index is 13.6. The first-order valence-electron chi connectivity index (χ1n) is 13.2. The molecule has 0 aromatic heterocycles.